The molecule has 4 aromatic rings. The van der Waals surface area contributed by atoms with E-state index in [1.54, 1.807) is 19.2 Å². The highest BCUT2D eigenvalue weighted by molar-refractivity contribution is 9.11. The number of halogens is 2. The lowest BCUT2D eigenvalue weighted by Gasteiger charge is -2.26. The smallest absolute Gasteiger partial charge is 0.307 e. The summed E-state index contributed by atoms with van der Waals surface area (Å²) in [7, 11) is 1.66. The molecule has 0 fully saturated rings. The number of rotatable bonds is 9. The second kappa shape index (κ2) is 12.7. The molecule has 2 N–H and O–H groups in total. The van der Waals surface area contributed by atoms with Gasteiger partial charge in [-0.05, 0) is 105 Å². The zero-order chi connectivity index (χ0) is 30.0. The molecule has 41 heavy (non-hydrogen) atoms. The normalized spacial score (nSPS) is 11.9. The van der Waals surface area contributed by atoms with E-state index in [0.29, 0.717) is 26.0 Å². The van der Waals surface area contributed by atoms with Gasteiger partial charge in [-0.3, -0.25) is 4.79 Å². The first-order chi connectivity index (χ1) is 19.4. The van der Waals surface area contributed by atoms with E-state index in [2.05, 4.69) is 57.8 Å². The van der Waals surface area contributed by atoms with Crippen LogP contribution in [0.15, 0.2) is 69.6 Å². The molecule has 1 unspecified atom stereocenters. The molecule has 7 heteroatoms. The van der Waals surface area contributed by atoms with Crippen molar-refractivity contribution in [1.29, 1.82) is 0 Å². The van der Waals surface area contributed by atoms with E-state index in [-0.39, 0.29) is 24.0 Å². The Morgan fingerprint density at radius 3 is 2.12 bits per heavy atom. The van der Waals surface area contributed by atoms with Crippen molar-refractivity contribution < 1.29 is 24.5 Å². The number of aryl methyl sites for hydroxylation is 2. The Morgan fingerprint density at radius 2 is 1.54 bits per heavy atom. The molecule has 0 saturated heterocycles. The first-order valence-corrected chi connectivity index (χ1v) is 14.9. The number of hydrogen-bond donors (Lipinski definition) is 2. The first kappa shape index (κ1) is 30.7. The molecule has 0 saturated carbocycles. The van der Waals surface area contributed by atoms with Gasteiger partial charge in [0.15, 0.2) is 5.75 Å². The number of phenols is 1. The third-order valence-electron chi connectivity index (χ3n) is 7.34. The summed E-state index contributed by atoms with van der Waals surface area (Å²) in [6.07, 6.45) is -0.107. The highest BCUT2D eigenvalue weighted by atomic mass is 79.9. The third-order valence-corrected chi connectivity index (χ3v) is 8.52. The van der Waals surface area contributed by atoms with Crippen molar-refractivity contribution >= 4 is 37.8 Å². The van der Waals surface area contributed by atoms with Crippen LogP contribution < -0.4 is 9.47 Å². The number of aromatic hydroxyl groups is 1. The number of carbonyl (C=O) groups is 1. The zero-order valence-corrected chi connectivity index (χ0v) is 27.2. The largest absolute Gasteiger partial charge is 0.507 e. The standard InChI is InChI=1S/C34H34Br2O5/c1-18(2)25-16-30(41-34-27(35)13-22(14-28(34)36)15-31(37)38)26(17-29(25)40-6)32(23-9-7-8-19(3)12-23)24-11-10-20(4)21(5)33(24)39/h7-14,16-18,32,39H,15H2,1-6H3,(H,37,38). The van der Waals surface area contributed by atoms with E-state index in [1.807, 2.05) is 57.2 Å². The van der Waals surface area contributed by atoms with Gasteiger partial charge >= 0.3 is 5.97 Å². The summed E-state index contributed by atoms with van der Waals surface area (Å²) in [5, 5.41) is 20.7. The van der Waals surface area contributed by atoms with Crippen molar-refractivity contribution in [3.63, 3.8) is 0 Å². The fourth-order valence-electron chi connectivity index (χ4n) is 5.06. The fourth-order valence-corrected chi connectivity index (χ4v) is 6.50. The Labute approximate surface area is 258 Å². The molecule has 0 heterocycles. The second-order valence-electron chi connectivity index (χ2n) is 10.6. The Kier molecular flexibility index (Phi) is 9.50. The Bertz CT molecular complexity index is 1590. The minimum Gasteiger partial charge on any atom is -0.507 e. The maximum Gasteiger partial charge on any atom is 0.307 e. The number of carboxylic acid groups (broad SMARTS) is 1. The predicted octanol–water partition coefficient (Wildman–Crippen LogP) is 9.57. The maximum absolute atomic E-state index is 11.4. The van der Waals surface area contributed by atoms with Gasteiger partial charge in [-0.25, -0.2) is 0 Å². The van der Waals surface area contributed by atoms with Crippen molar-refractivity contribution in [3.8, 4) is 23.0 Å². The predicted molar refractivity (Wildman–Crippen MR) is 170 cm³/mol. The van der Waals surface area contributed by atoms with Crippen LogP contribution in [0.3, 0.4) is 0 Å². The average molecular weight is 682 g/mol. The van der Waals surface area contributed by atoms with Gasteiger partial charge in [0.1, 0.15) is 17.2 Å². The molecule has 1 atom stereocenters. The van der Waals surface area contributed by atoms with E-state index in [0.717, 1.165) is 44.7 Å². The lowest BCUT2D eigenvalue weighted by Crippen LogP contribution is -2.09. The van der Waals surface area contributed by atoms with E-state index in [4.69, 9.17) is 9.47 Å². The average Bonchev–Trinajstić information content (AvgIpc) is 2.90. The lowest BCUT2D eigenvalue weighted by molar-refractivity contribution is -0.136. The number of methoxy groups -OCH3 is 1. The minimum absolute atomic E-state index is 0.107. The summed E-state index contributed by atoms with van der Waals surface area (Å²) in [6, 6.07) is 19.8. The first-order valence-electron chi connectivity index (χ1n) is 13.4. The maximum atomic E-state index is 11.4. The summed E-state index contributed by atoms with van der Waals surface area (Å²) in [6.45, 7) is 10.2. The molecule has 0 spiro atoms. The Hall–Kier alpha value is -3.29. The number of benzene rings is 4. The molecule has 0 aliphatic heterocycles. The molecule has 5 nitrogen and oxygen atoms in total. The molecule has 4 rings (SSSR count). The molecule has 0 aliphatic carbocycles. The van der Waals surface area contributed by atoms with Gasteiger partial charge in [0.25, 0.3) is 0 Å². The summed E-state index contributed by atoms with van der Waals surface area (Å²) in [4.78, 5) is 11.3. The summed E-state index contributed by atoms with van der Waals surface area (Å²) < 4.78 is 13.8. The van der Waals surface area contributed by atoms with Gasteiger partial charge in [-0.1, -0.05) is 55.8 Å². The van der Waals surface area contributed by atoms with Crippen LogP contribution in [-0.2, 0) is 11.2 Å². The topological polar surface area (TPSA) is 76.0 Å². The molecule has 0 radical (unpaired) electrons. The Balaban J connectivity index is 2.02. The van der Waals surface area contributed by atoms with Crippen LogP contribution in [-0.4, -0.2) is 23.3 Å². The number of hydrogen-bond acceptors (Lipinski definition) is 4. The van der Waals surface area contributed by atoms with Crippen molar-refractivity contribution in [2.75, 3.05) is 7.11 Å². The van der Waals surface area contributed by atoms with Crippen molar-refractivity contribution in [2.45, 2.75) is 52.9 Å². The third kappa shape index (κ3) is 6.62. The molecular weight excluding hydrogens is 648 g/mol. The molecule has 0 aromatic heterocycles. The minimum atomic E-state index is -0.911. The van der Waals surface area contributed by atoms with E-state index < -0.39 is 5.97 Å². The van der Waals surface area contributed by atoms with Crippen molar-refractivity contribution in [1.82, 2.24) is 0 Å². The van der Waals surface area contributed by atoms with Crippen molar-refractivity contribution in [2.24, 2.45) is 0 Å². The van der Waals surface area contributed by atoms with Crippen LogP contribution in [0.5, 0.6) is 23.0 Å². The zero-order valence-electron chi connectivity index (χ0n) is 24.0. The van der Waals surface area contributed by atoms with Gasteiger partial charge in [-0.2, -0.15) is 0 Å². The highest BCUT2D eigenvalue weighted by Crippen LogP contribution is 2.48. The van der Waals surface area contributed by atoms with Crippen LogP contribution in [0.2, 0.25) is 0 Å². The van der Waals surface area contributed by atoms with Crippen LogP contribution >= 0.6 is 31.9 Å². The molecule has 0 amide bonds. The molecule has 0 aliphatic rings. The monoisotopic (exact) mass is 680 g/mol. The number of aliphatic carboxylic acids is 1. The van der Waals surface area contributed by atoms with Crippen LogP contribution in [0.25, 0.3) is 0 Å². The molecule has 4 aromatic carbocycles. The molecule has 0 bridgehead atoms. The number of phenolic OH excluding ortho intramolecular Hbond substituents is 1. The van der Waals surface area contributed by atoms with Crippen LogP contribution in [0, 0.1) is 20.8 Å². The Morgan fingerprint density at radius 1 is 0.878 bits per heavy atom. The summed E-state index contributed by atoms with van der Waals surface area (Å²) >= 11 is 7.20. The van der Waals surface area contributed by atoms with Gasteiger partial charge < -0.3 is 19.7 Å². The summed E-state index contributed by atoms with van der Waals surface area (Å²) in [5.41, 5.74) is 7.14. The second-order valence-corrected chi connectivity index (χ2v) is 12.3. The highest BCUT2D eigenvalue weighted by Gasteiger charge is 2.28. The van der Waals surface area contributed by atoms with Gasteiger partial charge in [0.2, 0.25) is 0 Å². The van der Waals surface area contributed by atoms with Gasteiger partial charge in [0, 0.05) is 22.6 Å². The van der Waals surface area contributed by atoms with Gasteiger partial charge in [0.05, 0.1) is 22.5 Å². The number of carboxylic acids is 1. The number of ether oxygens (including phenoxy) is 2. The van der Waals surface area contributed by atoms with Crippen LogP contribution in [0.1, 0.15) is 70.2 Å². The SMILES string of the molecule is COc1cc(C(c2cccc(C)c2)c2ccc(C)c(C)c2O)c(Oc2c(Br)cc(CC(=O)O)cc2Br)cc1C(C)C. The van der Waals surface area contributed by atoms with Gasteiger partial charge in [-0.15, -0.1) is 0 Å². The van der Waals surface area contributed by atoms with E-state index in [1.165, 1.54) is 0 Å². The van der Waals surface area contributed by atoms with E-state index in [9.17, 15) is 15.0 Å². The lowest BCUT2D eigenvalue weighted by atomic mass is 9.81. The van der Waals surface area contributed by atoms with Crippen LogP contribution in [0.4, 0.5) is 0 Å². The quantitative estimate of drug-likeness (QED) is 0.172. The fraction of sp³-hybridized carbons (Fsp3) is 0.265. The molecular formula is C34H34Br2O5. The van der Waals surface area contributed by atoms with Crippen molar-refractivity contribution in [3.05, 3.63) is 114 Å². The molecule has 214 valence electrons. The summed E-state index contributed by atoms with van der Waals surface area (Å²) in [5.74, 6) is 0.971. The van der Waals surface area contributed by atoms with E-state index >= 15 is 0 Å².